The summed E-state index contributed by atoms with van der Waals surface area (Å²) in [5.41, 5.74) is 3.14. The van der Waals surface area contributed by atoms with E-state index in [1.54, 1.807) is 13.8 Å². The monoisotopic (exact) mass is 400 g/mol. The molecule has 29 heavy (non-hydrogen) atoms. The lowest BCUT2D eigenvalue weighted by Gasteiger charge is -2.16. The molecule has 0 radical (unpaired) electrons. The lowest BCUT2D eigenvalue weighted by Crippen LogP contribution is -2.17. The van der Waals surface area contributed by atoms with Crippen LogP contribution < -0.4 is 10.2 Å². The summed E-state index contributed by atoms with van der Waals surface area (Å²) in [5.74, 6) is 1.14. The normalized spacial score (nSPS) is 16.4. The Morgan fingerprint density at radius 1 is 1.21 bits per heavy atom. The van der Waals surface area contributed by atoms with Gasteiger partial charge in [-0.1, -0.05) is 49.8 Å². The maximum Gasteiger partial charge on any atom is 0.291 e. The highest BCUT2D eigenvalue weighted by molar-refractivity contribution is 5.49. The van der Waals surface area contributed by atoms with Crippen LogP contribution in [-0.2, 0) is 0 Å². The molecular weight excluding hydrogens is 364 g/mol. The van der Waals surface area contributed by atoms with Crippen molar-refractivity contribution in [1.82, 2.24) is 0 Å². The summed E-state index contributed by atoms with van der Waals surface area (Å²) in [5, 5.41) is 10.2. The predicted octanol–water partition coefficient (Wildman–Crippen LogP) is 5.77. The van der Waals surface area contributed by atoms with E-state index in [1.165, 1.54) is 7.11 Å². The molecule has 1 rings (SSSR count). The Hall–Kier alpha value is -2.33. The van der Waals surface area contributed by atoms with Crippen molar-refractivity contribution in [2.45, 2.75) is 61.0 Å². The van der Waals surface area contributed by atoms with Crippen LogP contribution in [-0.4, -0.2) is 18.3 Å². The van der Waals surface area contributed by atoms with E-state index in [4.69, 9.17) is 9.15 Å². The van der Waals surface area contributed by atoms with Crippen molar-refractivity contribution in [3.63, 3.8) is 0 Å². The molecule has 0 aromatic carbocycles. The van der Waals surface area contributed by atoms with Gasteiger partial charge in [0.2, 0.25) is 0 Å². The summed E-state index contributed by atoms with van der Waals surface area (Å²) < 4.78 is 10.8. The number of aliphatic hydroxyl groups is 1. The third-order valence-electron chi connectivity index (χ3n) is 5.16. The lowest BCUT2D eigenvalue weighted by atomic mass is 9.96. The molecule has 1 aromatic rings. The fourth-order valence-corrected chi connectivity index (χ4v) is 3.04. The average Bonchev–Trinajstić information content (AvgIpc) is 2.70. The largest absolute Gasteiger partial charge is 0.468 e. The molecule has 0 bridgehead atoms. The first-order chi connectivity index (χ1) is 13.6. The molecule has 0 saturated carbocycles. The minimum absolute atomic E-state index is 0.0504. The van der Waals surface area contributed by atoms with Crippen molar-refractivity contribution < 1.29 is 14.3 Å². The van der Waals surface area contributed by atoms with Crippen LogP contribution in [0.1, 0.15) is 57.9 Å². The van der Waals surface area contributed by atoms with Crippen molar-refractivity contribution in [3.8, 4) is 5.95 Å². The first-order valence-electron chi connectivity index (χ1n) is 10.1. The average molecular weight is 401 g/mol. The van der Waals surface area contributed by atoms with Crippen LogP contribution in [0.25, 0.3) is 6.08 Å². The Morgan fingerprint density at radius 2 is 1.86 bits per heavy atom. The van der Waals surface area contributed by atoms with Gasteiger partial charge < -0.3 is 14.3 Å². The van der Waals surface area contributed by atoms with E-state index in [1.807, 2.05) is 45.9 Å². The SMILES string of the molecule is C/C=C(\C)[C@@H](O)[C@H](C)/C=C(C)/C=C/C[C@H](C)/C=C/c1oc(OC)c(C)c(=O)c1C. The van der Waals surface area contributed by atoms with Gasteiger partial charge in [-0.15, -0.1) is 0 Å². The fraction of sp³-hybridized carbons (Fsp3) is 0.480. The Morgan fingerprint density at radius 3 is 2.45 bits per heavy atom. The molecule has 160 valence electrons. The molecule has 0 aliphatic heterocycles. The van der Waals surface area contributed by atoms with Gasteiger partial charge >= 0.3 is 0 Å². The number of allylic oxidation sites excluding steroid dienone is 5. The van der Waals surface area contributed by atoms with E-state index in [9.17, 15) is 9.90 Å². The molecule has 0 aliphatic rings. The molecule has 1 aromatic heterocycles. The van der Waals surface area contributed by atoms with Crippen LogP contribution >= 0.6 is 0 Å². The molecule has 4 nitrogen and oxygen atoms in total. The summed E-state index contributed by atoms with van der Waals surface area (Å²) in [7, 11) is 1.50. The van der Waals surface area contributed by atoms with Crippen LogP contribution in [0.5, 0.6) is 5.95 Å². The van der Waals surface area contributed by atoms with Crippen LogP contribution in [0.4, 0.5) is 0 Å². The van der Waals surface area contributed by atoms with Gasteiger partial charge in [-0.25, -0.2) is 0 Å². The van der Waals surface area contributed by atoms with Gasteiger partial charge in [0.05, 0.1) is 18.8 Å². The van der Waals surface area contributed by atoms with Gasteiger partial charge in [-0.2, -0.15) is 0 Å². The second-order valence-corrected chi connectivity index (χ2v) is 7.76. The van der Waals surface area contributed by atoms with Gasteiger partial charge in [0.1, 0.15) is 5.76 Å². The van der Waals surface area contributed by atoms with Gasteiger partial charge in [-0.05, 0) is 58.6 Å². The standard InChI is InChI=1S/C25H36O4/c1-9-18(4)23(26)19(5)15-17(3)12-10-11-16(2)13-14-22-20(6)24(27)21(7)25(28-8)29-22/h9-10,12-16,19,23,26H,11H2,1-8H3/b12-10+,14-13+,17-15+,18-9+/t16-,19+,23+/m0/s1. The van der Waals surface area contributed by atoms with Gasteiger partial charge in [-0.3, -0.25) is 4.79 Å². The van der Waals surface area contributed by atoms with Crippen molar-refractivity contribution in [2.75, 3.05) is 7.11 Å². The summed E-state index contributed by atoms with van der Waals surface area (Å²) in [6.45, 7) is 13.5. The van der Waals surface area contributed by atoms with Crippen molar-refractivity contribution in [2.24, 2.45) is 11.8 Å². The van der Waals surface area contributed by atoms with Crippen LogP contribution in [0.15, 0.2) is 50.7 Å². The Bertz CT molecular complexity index is 852. The molecule has 0 aliphatic carbocycles. The first kappa shape index (κ1) is 24.7. The smallest absolute Gasteiger partial charge is 0.291 e. The molecule has 0 amide bonds. The summed E-state index contributed by atoms with van der Waals surface area (Å²) in [6, 6.07) is 0. The third-order valence-corrected chi connectivity index (χ3v) is 5.16. The zero-order valence-corrected chi connectivity index (χ0v) is 19.1. The molecule has 3 atom stereocenters. The molecule has 0 spiro atoms. The highest BCUT2D eigenvalue weighted by atomic mass is 16.6. The van der Waals surface area contributed by atoms with E-state index in [2.05, 4.69) is 25.2 Å². The fourth-order valence-electron chi connectivity index (χ4n) is 3.04. The summed E-state index contributed by atoms with van der Waals surface area (Å²) in [6.07, 6.45) is 12.5. The quantitative estimate of drug-likeness (QED) is 0.422. The maximum atomic E-state index is 12.2. The van der Waals surface area contributed by atoms with Crippen LogP contribution in [0.3, 0.4) is 0 Å². The van der Waals surface area contributed by atoms with E-state index < -0.39 is 6.10 Å². The highest BCUT2D eigenvalue weighted by Gasteiger charge is 2.13. The Balaban J connectivity index is 2.76. The van der Waals surface area contributed by atoms with Gasteiger partial charge in [0, 0.05) is 11.5 Å². The molecule has 0 fully saturated rings. The Labute approximate surface area is 175 Å². The number of rotatable bonds is 9. The second-order valence-electron chi connectivity index (χ2n) is 7.76. The minimum atomic E-state index is -0.449. The van der Waals surface area contributed by atoms with Gasteiger partial charge in [0.15, 0.2) is 5.43 Å². The Kier molecular flexibility index (Phi) is 9.90. The molecule has 0 unspecified atom stereocenters. The second kappa shape index (κ2) is 11.6. The third kappa shape index (κ3) is 7.21. The lowest BCUT2D eigenvalue weighted by molar-refractivity contribution is 0.173. The highest BCUT2D eigenvalue weighted by Crippen LogP contribution is 2.21. The topological polar surface area (TPSA) is 59.7 Å². The summed E-state index contributed by atoms with van der Waals surface area (Å²) in [4.78, 5) is 12.2. The summed E-state index contributed by atoms with van der Waals surface area (Å²) >= 11 is 0. The maximum absolute atomic E-state index is 12.2. The number of aliphatic hydroxyl groups excluding tert-OH is 1. The number of hydrogen-bond donors (Lipinski definition) is 1. The minimum Gasteiger partial charge on any atom is -0.468 e. The molecular formula is C25H36O4. The van der Waals surface area contributed by atoms with E-state index >= 15 is 0 Å². The number of hydrogen-bond acceptors (Lipinski definition) is 4. The van der Waals surface area contributed by atoms with E-state index in [0.29, 0.717) is 16.9 Å². The molecule has 1 N–H and O–H groups in total. The van der Waals surface area contributed by atoms with E-state index in [-0.39, 0.29) is 23.2 Å². The van der Waals surface area contributed by atoms with Crippen LogP contribution in [0.2, 0.25) is 0 Å². The van der Waals surface area contributed by atoms with Crippen molar-refractivity contribution >= 4 is 6.08 Å². The zero-order valence-electron chi connectivity index (χ0n) is 19.1. The van der Waals surface area contributed by atoms with Crippen molar-refractivity contribution in [3.05, 3.63) is 68.6 Å². The van der Waals surface area contributed by atoms with Crippen molar-refractivity contribution in [1.29, 1.82) is 0 Å². The molecule has 0 saturated heterocycles. The van der Waals surface area contributed by atoms with Crippen LogP contribution in [0, 0.1) is 25.7 Å². The van der Waals surface area contributed by atoms with E-state index in [0.717, 1.165) is 17.6 Å². The molecule has 4 heteroatoms. The number of methoxy groups -OCH3 is 1. The zero-order chi connectivity index (χ0) is 22.1. The molecule has 1 heterocycles. The first-order valence-corrected chi connectivity index (χ1v) is 10.1. The number of ether oxygens (including phenoxy) is 1. The predicted molar refractivity (Wildman–Crippen MR) is 121 cm³/mol. The van der Waals surface area contributed by atoms with Gasteiger partial charge in [0.25, 0.3) is 5.95 Å².